The summed E-state index contributed by atoms with van der Waals surface area (Å²) in [6.07, 6.45) is 0. The Bertz CT molecular complexity index is 361. The number of hydrogen-bond acceptors (Lipinski definition) is 4. The van der Waals surface area contributed by atoms with Gasteiger partial charge in [-0.3, -0.25) is 0 Å². The van der Waals surface area contributed by atoms with Gasteiger partial charge in [0.2, 0.25) is 0 Å². The molecule has 4 heteroatoms. The van der Waals surface area contributed by atoms with Gasteiger partial charge in [0.15, 0.2) is 0 Å². The third kappa shape index (κ3) is 2.77. The number of nitrogens with two attached hydrogens (primary N) is 1. The molecule has 0 unspecified atom stereocenters. The summed E-state index contributed by atoms with van der Waals surface area (Å²) in [6, 6.07) is 7.82. The number of anilines is 1. The van der Waals surface area contributed by atoms with E-state index in [-0.39, 0.29) is 12.6 Å². The van der Waals surface area contributed by atoms with Gasteiger partial charge in [-0.15, -0.1) is 0 Å². The van der Waals surface area contributed by atoms with Crippen molar-refractivity contribution in [2.24, 2.45) is 5.73 Å². The lowest BCUT2D eigenvalue weighted by Gasteiger charge is -2.35. The fourth-order valence-corrected chi connectivity index (χ4v) is 2.23. The van der Waals surface area contributed by atoms with Gasteiger partial charge < -0.3 is 20.6 Å². The van der Waals surface area contributed by atoms with Crippen LogP contribution in [0.15, 0.2) is 24.3 Å². The van der Waals surface area contributed by atoms with Crippen LogP contribution in [0.25, 0.3) is 0 Å². The number of benzene rings is 1. The molecule has 17 heavy (non-hydrogen) atoms. The molecule has 1 atom stereocenters. The molecule has 0 aliphatic carbocycles. The molecule has 1 aromatic carbocycles. The summed E-state index contributed by atoms with van der Waals surface area (Å²) in [5.41, 5.74) is 8.15. The van der Waals surface area contributed by atoms with Gasteiger partial charge in [-0.1, -0.05) is 18.2 Å². The lowest BCUT2D eigenvalue weighted by molar-refractivity contribution is 0.267. The van der Waals surface area contributed by atoms with Gasteiger partial charge >= 0.3 is 0 Å². The third-order valence-corrected chi connectivity index (χ3v) is 3.38. The monoisotopic (exact) mass is 235 g/mol. The SMILES string of the molecule is CN1CCN(c2ccccc2[C@@H](N)CO)CC1. The van der Waals surface area contributed by atoms with Crippen LogP contribution >= 0.6 is 0 Å². The fraction of sp³-hybridized carbons (Fsp3) is 0.538. The van der Waals surface area contributed by atoms with Crippen molar-refractivity contribution in [3.63, 3.8) is 0 Å². The minimum Gasteiger partial charge on any atom is -0.394 e. The standard InChI is InChI=1S/C13H21N3O/c1-15-6-8-16(9-7-15)13-5-3-2-4-11(13)12(14)10-17/h2-5,12,17H,6-10,14H2,1H3/t12-/m0/s1. The maximum Gasteiger partial charge on any atom is 0.0625 e. The van der Waals surface area contributed by atoms with Crippen molar-refractivity contribution < 1.29 is 5.11 Å². The molecule has 0 amide bonds. The van der Waals surface area contributed by atoms with Crippen molar-refractivity contribution in [2.75, 3.05) is 44.7 Å². The van der Waals surface area contributed by atoms with Crippen LogP contribution in [0.1, 0.15) is 11.6 Å². The molecule has 1 heterocycles. The first-order chi connectivity index (χ1) is 8.22. The van der Waals surface area contributed by atoms with Crippen LogP contribution in [-0.4, -0.2) is 49.8 Å². The van der Waals surface area contributed by atoms with Gasteiger partial charge in [-0.25, -0.2) is 0 Å². The van der Waals surface area contributed by atoms with E-state index >= 15 is 0 Å². The summed E-state index contributed by atoms with van der Waals surface area (Å²) in [5.74, 6) is 0. The molecular weight excluding hydrogens is 214 g/mol. The summed E-state index contributed by atoms with van der Waals surface area (Å²) in [7, 11) is 2.14. The first-order valence-electron chi connectivity index (χ1n) is 6.11. The van der Waals surface area contributed by atoms with Crippen molar-refractivity contribution in [3.05, 3.63) is 29.8 Å². The Morgan fingerprint density at radius 1 is 1.24 bits per heavy atom. The van der Waals surface area contributed by atoms with Gasteiger partial charge in [0.25, 0.3) is 0 Å². The topological polar surface area (TPSA) is 52.7 Å². The number of para-hydroxylation sites is 1. The number of aliphatic hydroxyl groups is 1. The van der Waals surface area contributed by atoms with Gasteiger partial charge in [-0.2, -0.15) is 0 Å². The van der Waals surface area contributed by atoms with E-state index in [1.165, 1.54) is 5.69 Å². The number of rotatable bonds is 3. The van der Waals surface area contributed by atoms with E-state index in [1.807, 2.05) is 18.2 Å². The lowest BCUT2D eigenvalue weighted by Crippen LogP contribution is -2.45. The van der Waals surface area contributed by atoms with E-state index in [9.17, 15) is 5.11 Å². The Balaban J connectivity index is 2.19. The first-order valence-corrected chi connectivity index (χ1v) is 6.11. The van der Waals surface area contributed by atoms with Gasteiger partial charge in [0.05, 0.1) is 12.6 Å². The van der Waals surface area contributed by atoms with Gasteiger partial charge in [-0.05, 0) is 18.7 Å². The second-order valence-corrected chi connectivity index (χ2v) is 4.64. The van der Waals surface area contributed by atoms with Crippen molar-refractivity contribution in [1.82, 2.24) is 4.90 Å². The highest BCUT2D eigenvalue weighted by molar-refractivity contribution is 5.55. The molecule has 0 spiro atoms. The van der Waals surface area contributed by atoms with E-state index < -0.39 is 0 Å². The van der Waals surface area contributed by atoms with Gasteiger partial charge in [0.1, 0.15) is 0 Å². The van der Waals surface area contributed by atoms with E-state index in [2.05, 4.69) is 22.9 Å². The second kappa shape index (κ2) is 5.49. The molecule has 0 saturated carbocycles. The quantitative estimate of drug-likeness (QED) is 0.798. The highest BCUT2D eigenvalue weighted by atomic mass is 16.3. The summed E-state index contributed by atoms with van der Waals surface area (Å²) >= 11 is 0. The molecular formula is C13H21N3O. The maximum absolute atomic E-state index is 9.20. The average Bonchev–Trinajstić information content (AvgIpc) is 2.39. The molecule has 1 saturated heterocycles. The first kappa shape index (κ1) is 12.4. The Morgan fingerprint density at radius 3 is 2.53 bits per heavy atom. The minimum atomic E-state index is -0.286. The zero-order valence-electron chi connectivity index (χ0n) is 10.3. The molecule has 1 aromatic rings. The predicted octanol–water partition coefficient (Wildman–Crippen LogP) is 0.431. The van der Waals surface area contributed by atoms with Crippen molar-refractivity contribution in [2.45, 2.75) is 6.04 Å². The van der Waals surface area contributed by atoms with E-state index in [4.69, 9.17) is 5.73 Å². The van der Waals surface area contributed by atoms with Crippen LogP contribution in [-0.2, 0) is 0 Å². The van der Waals surface area contributed by atoms with Crippen LogP contribution in [0.2, 0.25) is 0 Å². The fourth-order valence-electron chi connectivity index (χ4n) is 2.23. The molecule has 0 radical (unpaired) electrons. The number of piperazine rings is 1. The normalized spacial score (nSPS) is 19.4. The molecule has 1 aliphatic rings. The molecule has 1 fully saturated rings. The number of aliphatic hydroxyl groups excluding tert-OH is 1. The van der Waals surface area contributed by atoms with Crippen LogP contribution in [0.5, 0.6) is 0 Å². The Labute approximate surface area is 103 Å². The molecule has 0 bridgehead atoms. The predicted molar refractivity (Wildman–Crippen MR) is 70.2 cm³/mol. The van der Waals surface area contributed by atoms with Crippen LogP contribution in [0.4, 0.5) is 5.69 Å². The minimum absolute atomic E-state index is 0.00917. The van der Waals surface area contributed by atoms with E-state index in [0.29, 0.717) is 0 Å². The van der Waals surface area contributed by atoms with Crippen LogP contribution in [0, 0.1) is 0 Å². The van der Waals surface area contributed by atoms with Crippen molar-refractivity contribution in [1.29, 1.82) is 0 Å². The Hall–Kier alpha value is -1.10. The number of hydrogen-bond donors (Lipinski definition) is 2. The van der Waals surface area contributed by atoms with Crippen molar-refractivity contribution in [3.8, 4) is 0 Å². The molecule has 2 rings (SSSR count). The Kier molecular flexibility index (Phi) is 3.99. The lowest BCUT2D eigenvalue weighted by atomic mass is 10.0. The highest BCUT2D eigenvalue weighted by Crippen LogP contribution is 2.25. The van der Waals surface area contributed by atoms with Crippen LogP contribution < -0.4 is 10.6 Å². The maximum atomic E-state index is 9.20. The van der Waals surface area contributed by atoms with Gasteiger partial charge in [0, 0.05) is 31.9 Å². The summed E-state index contributed by atoms with van der Waals surface area (Å²) < 4.78 is 0. The number of nitrogens with zero attached hydrogens (tertiary/aromatic N) is 2. The number of likely N-dealkylation sites (N-methyl/N-ethyl adjacent to an activating group) is 1. The van der Waals surface area contributed by atoms with E-state index in [1.54, 1.807) is 0 Å². The molecule has 0 aromatic heterocycles. The smallest absolute Gasteiger partial charge is 0.0625 e. The summed E-state index contributed by atoms with van der Waals surface area (Å²) in [5, 5.41) is 9.20. The van der Waals surface area contributed by atoms with E-state index in [0.717, 1.165) is 31.7 Å². The summed E-state index contributed by atoms with van der Waals surface area (Å²) in [6.45, 7) is 4.17. The largest absolute Gasteiger partial charge is 0.394 e. The summed E-state index contributed by atoms with van der Waals surface area (Å²) in [4.78, 5) is 4.68. The van der Waals surface area contributed by atoms with Crippen molar-refractivity contribution >= 4 is 5.69 Å². The molecule has 94 valence electrons. The Morgan fingerprint density at radius 2 is 1.88 bits per heavy atom. The highest BCUT2D eigenvalue weighted by Gasteiger charge is 2.18. The zero-order chi connectivity index (χ0) is 12.3. The molecule has 1 aliphatic heterocycles. The molecule has 4 nitrogen and oxygen atoms in total. The second-order valence-electron chi connectivity index (χ2n) is 4.64. The van der Waals surface area contributed by atoms with Crippen LogP contribution in [0.3, 0.4) is 0 Å². The third-order valence-electron chi connectivity index (χ3n) is 3.38. The zero-order valence-corrected chi connectivity index (χ0v) is 10.3. The average molecular weight is 235 g/mol. The molecule has 3 N–H and O–H groups in total.